The maximum Gasteiger partial charge on any atom is 0.488 e. The largest absolute Gasteiger partial charge is 0.488 e. The van der Waals surface area contributed by atoms with Crippen molar-refractivity contribution in [3.8, 4) is 22.6 Å². The first-order chi connectivity index (χ1) is 35.9. The third-order valence-corrected chi connectivity index (χ3v) is 12.4. The highest BCUT2D eigenvalue weighted by Crippen LogP contribution is 2.34. The van der Waals surface area contributed by atoms with E-state index in [1.807, 2.05) is 42.5 Å². The van der Waals surface area contributed by atoms with Crippen molar-refractivity contribution < 1.29 is 16.3 Å². The van der Waals surface area contributed by atoms with Crippen LogP contribution in [0.3, 0.4) is 0 Å². The molecule has 0 atom stereocenters. The quantitative estimate of drug-likeness (QED) is 0.125. The standard InChI is InChI=1S/C24H15N5.C18H14BNO2.C7H5N3O.C6H3ClN4.H2/c1-3-10-21-18(8-1)19-9-2-4-11-22(19)29(21)17-7-5-6-16(12-17)23-20-13-25-14-27-24(20)28-15-26-23;21-19(22)13-6-5-7-14(12-13)20-17-10-3-1-8-15(17)16-9-2-4-11-18(16)20;11-7-5-3-8-2-1-6(5)9-4-10-7;7-5-4-1-8-2-10-6(4)11-3-9-5;/h1-15H;1-12,21-22H;2-4H,1H2;1-3H;1H/i;;;;1+1. The van der Waals surface area contributed by atoms with E-state index < -0.39 is 7.12 Å². The molecule has 0 radical (unpaired) electrons. The Morgan fingerprint density at radius 2 is 1.07 bits per heavy atom. The van der Waals surface area contributed by atoms with Crippen LogP contribution in [0.1, 0.15) is 7.85 Å². The molecule has 0 saturated heterocycles. The lowest BCUT2D eigenvalue weighted by molar-refractivity contribution is -0.113. The molecule has 14 rings (SSSR count). The molecule has 8 heterocycles. The molecule has 6 aromatic carbocycles. The van der Waals surface area contributed by atoms with Crippen LogP contribution in [0.25, 0.3) is 88.3 Å². The minimum atomic E-state index is -1.46. The monoisotopic (exact) mass is 976 g/mol. The Labute approximate surface area is 421 Å². The van der Waals surface area contributed by atoms with Gasteiger partial charge in [-0.1, -0.05) is 109 Å². The fourth-order valence-corrected chi connectivity index (χ4v) is 8.98. The fourth-order valence-electron chi connectivity index (χ4n) is 8.80. The molecule has 73 heavy (non-hydrogen) atoms. The van der Waals surface area contributed by atoms with Crippen molar-refractivity contribution in [1.82, 2.24) is 49.0 Å². The van der Waals surface area contributed by atoms with Crippen molar-refractivity contribution in [1.29, 1.82) is 0 Å². The Morgan fingerprint density at radius 1 is 0.548 bits per heavy atom. The number of carbonyl (C=O) groups is 1. The van der Waals surface area contributed by atoms with Gasteiger partial charge in [-0.05, 0) is 54.0 Å². The lowest BCUT2D eigenvalue weighted by Gasteiger charge is -2.10. The zero-order valence-corrected chi connectivity index (χ0v) is 39.1. The first-order valence-electron chi connectivity index (χ1n) is 22.8. The van der Waals surface area contributed by atoms with E-state index >= 15 is 0 Å². The number of aromatic nitrogens is 10. The molecule has 0 aliphatic carbocycles. The Morgan fingerprint density at radius 3 is 1.64 bits per heavy atom. The van der Waals surface area contributed by atoms with Gasteiger partial charge in [0.15, 0.2) is 11.3 Å². The number of halogens is 1. The van der Waals surface area contributed by atoms with Gasteiger partial charge in [0.1, 0.15) is 36.8 Å². The Kier molecular flexibility index (Phi) is 12.8. The average molecular weight is 977 g/mol. The number of amides is 1. The molecule has 0 fully saturated rings. The number of aliphatic imine (C=N–C) groups is 3. The van der Waals surface area contributed by atoms with Crippen LogP contribution in [0.4, 0.5) is 0 Å². The van der Waals surface area contributed by atoms with Gasteiger partial charge in [-0.2, -0.15) is 4.99 Å². The molecule has 0 bridgehead atoms. The van der Waals surface area contributed by atoms with Crippen molar-refractivity contribution in [3.05, 3.63) is 200 Å². The highest BCUT2D eigenvalue weighted by atomic mass is 35.5. The molecule has 1 amide bonds. The Bertz CT molecular complexity index is 4080. The maximum atomic E-state index is 11.0. The molecule has 352 valence electrons. The molecule has 0 saturated carbocycles. The van der Waals surface area contributed by atoms with Crippen molar-refractivity contribution in [2.24, 2.45) is 15.0 Å². The van der Waals surface area contributed by atoms with E-state index in [0.717, 1.165) is 44.8 Å². The number of benzene rings is 6. The zero-order valence-electron chi connectivity index (χ0n) is 38.3. The second-order valence-electron chi connectivity index (χ2n) is 16.4. The predicted octanol–water partition coefficient (Wildman–Crippen LogP) is 9.32. The minimum Gasteiger partial charge on any atom is -0.423 e. The average Bonchev–Trinajstić information content (AvgIpc) is 3.97. The van der Waals surface area contributed by atoms with E-state index in [0.29, 0.717) is 39.3 Å². The summed E-state index contributed by atoms with van der Waals surface area (Å²) >= 11 is 5.73. The molecular formula is C55H39BClN13O3. The first-order valence-corrected chi connectivity index (χ1v) is 23.2. The molecule has 16 nitrogen and oxygen atoms in total. The van der Waals surface area contributed by atoms with Gasteiger partial charge in [0.05, 0.1) is 49.8 Å². The van der Waals surface area contributed by atoms with Gasteiger partial charge in [-0.15, -0.1) is 0 Å². The first kappa shape index (κ1) is 45.9. The molecule has 2 aliphatic rings. The summed E-state index contributed by atoms with van der Waals surface area (Å²) in [6.45, 7) is 0. The van der Waals surface area contributed by atoms with Crippen LogP contribution in [0.5, 0.6) is 0 Å². The van der Waals surface area contributed by atoms with Crippen LogP contribution >= 0.6 is 11.6 Å². The zero-order chi connectivity index (χ0) is 49.7. The third-order valence-electron chi connectivity index (χ3n) is 12.1. The van der Waals surface area contributed by atoms with E-state index in [2.05, 4.69) is 161 Å². The van der Waals surface area contributed by atoms with Crippen molar-refractivity contribution >= 4 is 114 Å². The summed E-state index contributed by atoms with van der Waals surface area (Å²) in [6, 6.07) is 49.2. The Balaban J connectivity index is 0.000000122. The van der Waals surface area contributed by atoms with Crippen molar-refractivity contribution in [2.45, 2.75) is 6.42 Å². The molecule has 12 aromatic rings. The molecular weight excluding hydrogens is 937 g/mol. The smallest absolute Gasteiger partial charge is 0.423 e. The lowest BCUT2D eigenvalue weighted by atomic mass is 9.80. The summed E-state index contributed by atoms with van der Waals surface area (Å²) in [6.07, 6.45) is 14.3. The van der Waals surface area contributed by atoms with E-state index in [-0.39, 0.29) is 7.33 Å². The Hall–Kier alpha value is -9.55. The number of para-hydroxylation sites is 4. The second kappa shape index (κ2) is 20.4. The van der Waals surface area contributed by atoms with E-state index in [1.165, 1.54) is 64.1 Å². The van der Waals surface area contributed by atoms with Crippen LogP contribution < -0.4 is 5.46 Å². The van der Waals surface area contributed by atoms with Crippen LogP contribution in [0, 0.1) is 0 Å². The molecule has 0 spiro atoms. The van der Waals surface area contributed by atoms with Crippen LogP contribution in [0.15, 0.2) is 210 Å². The van der Waals surface area contributed by atoms with Crippen LogP contribution in [-0.4, -0.2) is 90.3 Å². The highest BCUT2D eigenvalue weighted by molar-refractivity contribution is 6.58. The van der Waals surface area contributed by atoms with Gasteiger partial charge >= 0.3 is 7.12 Å². The van der Waals surface area contributed by atoms with Gasteiger partial charge in [-0.25, -0.2) is 44.9 Å². The van der Waals surface area contributed by atoms with Gasteiger partial charge < -0.3 is 19.2 Å². The number of hydrogen-bond donors (Lipinski definition) is 2. The van der Waals surface area contributed by atoms with Gasteiger partial charge in [-0.3, -0.25) is 9.79 Å². The van der Waals surface area contributed by atoms with Crippen LogP contribution in [-0.2, 0) is 4.79 Å². The SMILES string of the molecule is Clc1ncnc2ncncc12.O=C1N=CN=C2CC=NC=C12.OB(O)c1cccc(-n2c3ccccc3c3ccccc32)c1.[2HH].c1cc(-c2ncnc3ncncc23)cc(-n2c3ccccc3c3ccccc32)c1. The molecule has 18 heteroatoms. The van der Waals surface area contributed by atoms with E-state index in [1.54, 1.807) is 31.0 Å². The third kappa shape index (κ3) is 9.21. The number of hydrogen-bond acceptors (Lipinski definition) is 13. The van der Waals surface area contributed by atoms with E-state index in [9.17, 15) is 14.8 Å². The number of rotatable bonds is 4. The predicted molar refractivity (Wildman–Crippen MR) is 290 cm³/mol. The molecule has 0 unspecified atom stereocenters. The van der Waals surface area contributed by atoms with Gasteiger partial charge in [0, 0.05) is 71.1 Å². The summed E-state index contributed by atoms with van der Waals surface area (Å²) in [4.78, 5) is 54.9. The van der Waals surface area contributed by atoms with E-state index in [4.69, 9.17) is 11.6 Å². The van der Waals surface area contributed by atoms with Gasteiger partial charge in [0.25, 0.3) is 5.91 Å². The number of carbonyl (C=O) groups excluding carboxylic acids is 1. The molecule has 2 aliphatic heterocycles. The fraction of sp³-hybridized carbons (Fsp3) is 0.0182. The molecule has 2 N–H and O–H groups in total. The number of fused-ring (bicyclic) bond motifs is 9. The maximum absolute atomic E-state index is 11.0. The lowest BCUT2D eigenvalue weighted by Crippen LogP contribution is -2.29. The van der Waals surface area contributed by atoms with Crippen molar-refractivity contribution in [2.75, 3.05) is 0 Å². The summed E-state index contributed by atoms with van der Waals surface area (Å²) < 4.78 is 4.45. The summed E-state index contributed by atoms with van der Waals surface area (Å²) in [5.74, 6) is -0.244. The summed E-state index contributed by atoms with van der Waals surface area (Å²) in [5.41, 5.74) is 11.4. The van der Waals surface area contributed by atoms with Crippen LogP contribution in [0.2, 0.25) is 5.15 Å². The minimum absolute atomic E-state index is 0. The second-order valence-corrected chi connectivity index (χ2v) is 16.7. The normalized spacial score (nSPS) is 12.6. The molecule has 6 aromatic heterocycles. The summed E-state index contributed by atoms with van der Waals surface area (Å²) in [5, 5.41) is 25.6. The van der Waals surface area contributed by atoms with Gasteiger partial charge in [0.2, 0.25) is 0 Å². The van der Waals surface area contributed by atoms with Crippen molar-refractivity contribution in [3.63, 3.8) is 0 Å². The highest BCUT2D eigenvalue weighted by Gasteiger charge is 2.19. The topological polar surface area (TPSA) is 208 Å². The summed E-state index contributed by atoms with van der Waals surface area (Å²) in [7, 11) is -1.46. The number of nitrogens with zero attached hydrogens (tertiary/aromatic N) is 13.